The van der Waals surface area contributed by atoms with Gasteiger partial charge in [-0.05, 0) is 78.3 Å². The maximum absolute atomic E-state index is 13.0. The Kier molecular flexibility index (Phi) is 35.1. The summed E-state index contributed by atoms with van der Waals surface area (Å²) in [6.07, 6.45) is 30.4. The van der Waals surface area contributed by atoms with Crippen LogP contribution < -0.4 is 0 Å². The summed E-state index contributed by atoms with van der Waals surface area (Å²) in [4.78, 5) is 41.8. The second kappa shape index (κ2) is 36.3. The predicted octanol–water partition coefficient (Wildman–Crippen LogP) is 11.5. The van der Waals surface area contributed by atoms with Crippen molar-refractivity contribution in [3.05, 3.63) is 12.2 Å². The Labute approximate surface area is 307 Å². The zero-order valence-electron chi connectivity index (χ0n) is 32.8. The molecule has 1 amide bonds. The fourth-order valence-electron chi connectivity index (χ4n) is 5.74. The summed E-state index contributed by atoms with van der Waals surface area (Å²) in [5.74, 6) is 0.629. The molecule has 0 saturated carbocycles. The molecule has 0 spiro atoms. The average Bonchev–Trinajstić information content (AvgIpc) is 3.07. The number of carbonyl (C=O) groups excluding carboxylic acids is 3. The van der Waals surface area contributed by atoms with Gasteiger partial charge < -0.3 is 19.3 Å². The fourth-order valence-corrected chi connectivity index (χ4v) is 6.74. The van der Waals surface area contributed by atoms with Crippen LogP contribution in [0.4, 0.5) is 4.79 Å². The van der Waals surface area contributed by atoms with Crippen molar-refractivity contribution in [3.8, 4) is 0 Å². The van der Waals surface area contributed by atoms with Crippen molar-refractivity contribution < 1.29 is 23.9 Å². The van der Waals surface area contributed by atoms with Gasteiger partial charge in [-0.3, -0.25) is 14.4 Å². The Morgan fingerprint density at radius 1 is 0.592 bits per heavy atom. The van der Waals surface area contributed by atoms with Gasteiger partial charge in [0.1, 0.15) is 12.7 Å². The maximum Gasteiger partial charge on any atom is 0.306 e. The summed E-state index contributed by atoms with van der Waals surface area (Å²) in [7, 11) is 4.06. The van der Waals surface area contributed by atoms with Crippen LogP contribution in [0.2, 0.25) is 0 Å². The third-order valence-electron chi connectivity index (χ3n) is 8.93. The molecule has 0 radical (unpaired) electrons. The first-order valence-corrected chi connectivity index (χ1v) is 21.4. The molecule has 0 aromatic rings. The van der Waals surface area contributed by atoms with Gasteiger partial charge in [0.25, 0.3) is 5.24 Å². The van der Waals surface area contributed by atoms with Gasteiger partial charge in [-0.1, -0.05) is 128 Å². The number of esters is 2. The highest BCUT2D eigenvalue weighted by atomic mass is 32.2. The van der Waals surface area contributed by atoms with Gasteiger partial charge in [-0.15, -0.1) is 0 Å². The van der Waals surface area contributed by atoms with Gasteiger partial charge in [0.05, 0.1) is 0 Å². The van der Waals surface area contributed by atoms with E-state index in [4.69, 9.17) is 9.47 Å². The van der Waals surface area contributed by atoms with E-state index >= 15 is 0 Å². The second-order valence-electron chi connectivity index (χ2n) is 14.0. The molecule has 0 aliphatic heterocycles. The lowest BCUT2D eigenvalue weighted by Crippen LogP contribution is -2.30. The van der Waals surface area contributed by atoms with Crippen molar-refractivity contribution in [3.63, 3.8) is 0 Å². The zero-order chi connectivity index (χ0) is 36.2. The van der Waals surface area contributed by atoms with Gasteiger partial charge in [0.15, 0.2) is 0 Å². The van der Waals surface area contributed by atoms with E-state index in [1.165, 1.54) is 76.0 Å². The molecule has 0 aromatic carbocycles. The van der Waals surface area contributed by atoms with E-state index in [1.54, 1.807) is 0 Å². The van der Waals surface area contributed by atoms with Gasteiger partial charge in [-0.2, -0.15) is 0 Å². The third kappa shape index (κ3) is 33.4. The van der Waals surface area contributed by atoms with Crippen LogP contribution >= 0.6 is 11.8 Å². The molecule has 0 atom stereocenters. The Morgan fingerprint density at radius 2 is 1.10 bits per heavy atom. The Morgan fingerprint density at radius 3 is 1.65 bits per heavy atom. The Balaban J connectivity index is 4.38. The molecule has 8 heteroatoms. The van der Waals surface area contributed by atoms with E-state index in [0.29, 0.717) is 19.4 Å². The van der Waals surface area contributed by atoms with Crippen molar-refractivity contribution >= 4 is 28.9 Å². The summed E-state index contributed by atoms with van der Waals surface area (Å²) in [5.41, 5.74) is 0. The van der Waals surface area contributed by atoms with Gasteiger partial charge in [0.2, 0.25) is 0 Å². The molecule has 0 aromatic heterocycles. The highest BCUT2D eigenvalue weighted by Gasteiger charge is 2.16. The lowest BCUT2D eigenvalue weighted by Gasteiger charge is -2.22. The highest BCUT2D eigenvalue weighted by molar-refractivity contribution is 8.13. The Hall–Kier alpha value is -1.54. The first kappa shape index (κ1) is 47.5. The molecule has 0 rings (SSSR count). The van der Waals surface area contributed by atoms with Gasteiger partial charge in [-0.25, -0.2) is 0 Å². The number of allylic oxidation sites excluding steroid dienone is 1. The van der Waals surface area contributed by atoms with E-state index in [9.17, 15) is 14.4 Å². The summed E-state index contributed by atoms with van der Waals surface area (Å²) >= 11 is 1.41. The quantitative estimate of drug-likeness (QED) is 0.0368. The minimum absolute atomic E-state index is 0.0386. The third-order valence-corrected chi connectivity index (χ3v) is 9.82. The lowest BCUT2D eigenvalue weighted by atomic mass is 10.0. The van der Waals surface area contributed by atoms with E-state index < -0.39 is 0 Å². The fraction of sp³-hybridized carbons (Fsp3) is 0.878. The molecule has 7 nitrogen and oxygen atoms in total. The largest absolute Gasteiger partial charge is 0.462 e. The highest BCUT2D eigenvalue weighted by Crippen LogP contribution is 2.18. The summed E-state index contributed by atoms with van der Waals surface area (Å²) in [6.45, 7) is 9.43. The molecule has 0 unspecified atom stereocenters. The molecule has 0 bridgehead atoms. The van der Waals surface area contributed by atoms with Gasteiger partial charge in [0, 0.05) is 38.2 Å². The summed E-state index contributed by atoms with van der Waals surface area (Å²) in [6, 6.07) is 0. The number of hydrogen-bond donors (Lipinski definition) is 0. The van der Waals surface area contributed by atoms with Crippen molar-refractivity contribution in [1.82, 2.24) is 9.80 Å². The van der Waals surface area contributed by atoms with Crippen LogP contribution in [-0.4, -0.2) is 79.2 Å². The van der Waals surface area contributed by atoms with Crippen molar-refractivity contribution in [2.45, 2.75) is 187 Å². The predicted molar refractivity (Wildman–Crippen MR) is 210 cm³/mol. The van der Waals surface area contributed by atoms with Crippen molar-refractivity contribution in [2.24, 2.45) is 0 Å². The van der Waals surface area contributed by atoms with Crippen molar-refractivity contribution in [2.75, 3.05) is 46.1 Å². The first-order chi connectivity index (χ1) is 23.8. The summed E-state index contributed by atoms with van der Waals surface area (Å²) in [5, 5.41) is 0.163. The standard InChI is InChI=1S/C41H78N2O5S/c1-6-9-12-15-16-21-28-36-47-39(44)31-24-17-19-26-33-43(41(46)49-37-35-42(4)5)34-27-20-18-25-32-40(45)48-38(29-22-13-10-7-2)30-23-14-11-8-3/h21,28,38H,6-20,22-27,29-37H2,1-5H3/b28-21-. The smallest absolute Gasteiger partial charge is 0.306 e. The molecule has 0 aliphatic carbocycles. The van der Waals surface area contributed by atoms with Gasteiger partial charge >= 0.3 is 11.9 Å². The first-order valence-electron chi connectivity index (χ1n) is 20.4. The lowest BCUT2D eigenvalue weighted by molar-refractivity contribution is -0.150. The maximum atomic E-state index is 13.0. The van der Waals surface area contributed by atoms with Crippen molar-refractivity contribution in [1.29, 1.82) is 0 Å². The molecule has 0 aliphatic rings. The molecule has 0 heterocycles. The molecule has 0 saturated heterocycles. The van der Waals surface area contributed by atoms with E-state index in [-0.39, 0.29) is 23.3 Å². The minimum Gasteiger partial charge on any atom is -0.462 e. The zero-order valence-corrected chi connectivity index (χ0v) is 33.6. The van der Waals surface area contributed by atoms with E-state index in [1.807, 2.05) is 25.1 Å². The molecule has 0 fully saturated rings. The SMILES string of the molecule is CCCCCC/C=C\COC(=O)CCCCCCN(CCCCCCC(=O)OC(CCCCCC)CCCCCC)C(=O)SCCN(C)C. The number of hydrogen-bond acceptors (Lipinski definition) is 7. The molecular formula is C41H78N2O5S. The van der Waals surface area contributed by atoms with Crippen LogP contribution in [0.1, 0.15) is 181 Å². The topological polar surface area (TPSA) is 76.1 Å². The second-order valence-corrected chi connectivity index (χ2v) is 15.1. The van der Waals surface area contributed by atoms with Crippen LogP contribution in [0.25, 0.3) is 0 Å². The van der Waals surface area contributed by atoms with E-state index in [2.05, 4.69) is 31.7 Å². The number of carbonyl (C=O) groups is 3. The monoisotopic (exact) mass is 711 g/mol. The Bertz CT molecular complexity index is 795. The number of ether oxygens (including phenoxy) is 2. The number of amides is 1. The van der Waals surface area contributed by atoms with E-state index in [0.717, 1.165) is 109 Å². The van der Waals surface area contributed by atoms with Crippen LogP contribution in [0.5, 0.6) is 0 Å². The average molecular weight is 711 g/mol. The molecular weight excluding hydrogens is 633 g/mol. The van der Waals surface area contributed by atoms with Crippen LogP contribution in [-0.2, 0) is 19.1 Å². The molecule has 288 valence electrons. The molecule has 49 heavy (non-hydrogen) atoms. The number of rotatable bonds is 35. The van der Waals surface area contributed by atoms with Crippen LogP contribution in [0.15, 0.2) is 12.2 Å². The number of unbranched alkanes of at least 4 members (excludes halogenated alkanes) is 16. The normalized spacial score (nSPS) is 11.6. The number of nitrogens with zero attached hydrogens (tertiary/aromatic N) is 2. The molecule has 0 N–H and O–H groups in total. The minimum atomic E-state index is -0.123. The summed E-state index contributed by atoms with van der Waals surface area (Å²) < 4.78 is 11.3. The van der Waals surface area contributed by atoms with Crippen LogP contribution in [0.3, 0.4) is 0 Å². The number of thioether (sulfide) groups is 1. The van der Waals surface area contributed by atoms with Crippen LogP contribution in [0, 0.1) is 0 Å².